The SMILES string of the molecule is C=C1CN2CCCC2(COc2nc3c(c(N4Cc5c(Cl)c(C(=O)N(C)C)nn5CCC4C)n2)COC(c2c(F)c(N)cc(C#CC)c2C(F)(F)F)C3)C1. The lowest BCUT2D eigenvalue weighted by Gasteiger charge is -2.35. The highest BCUT2D eigenvalue weighted by atomic mass is 35.5. The number of ether oxygens (including phenoxy) is 2. The highest BCUT2D eigenvalue weighted by Gasteiger charge is 2.47. The molecular formula is C37H41ClF4N8O3. The number of aromatic nitrogens is 4. The number of hydrogen-bond acceptors (Lipinski definition) is 9. The van der Waals surface area contributed by atoms with Gasteiger partial charge in [-0.25, -0.2) is 4.39 Å². The maximum atomic E-state index is 15.8. The van der Waals surface area contributed by atoms with Gasteiger partial charge < -0.3 is 25.0 Å². The third-order valence-corrected chi connectivity index (χ3v) is 11.1. The average molecular weight is 757 g/mol. The van der Waals surface area contributed by atoms with E-state index < -0.39 is 40.5 Å². The van der Waals surface area contributed by atoms with Crippen molar-refractivity contribution in [2.45, 2.75) is 89.5 Å². The topological polar surface area (TPSA) is 115 Å². The molecule has 2 aromatic heterocycles. The number of halogens is 5. The predicted octanol–water partition coefficient (Wildman–Crippen LogP) is 5.93. The van der Waals surface area contributed by atoms with E-state index in [0.717, 1.165) is 44.0 Å². The second-order valence-electron chi connectivity index (χ2n) is 14.5. The molecule has 282 valence electrons. The Kier molecular flexibility index (Phi) is 9.61. The van der Waals surface area contributed by atoms with E-state index in [1.807, 2.05) is 11.8 Å². The molecule has 0 bridgehead atoms. The molecule has 2 fully saturated rings. The largest absolute Gasteiger partial charge is 0.461 e. The first-order chi connectivity index (χ1) is 25.1. The number of anilines is 2. The predicted molar refractivity (Wildman–Crippen MR) is 190 cm³/mol. The number of alkyl halides is 3. The second kappa shape index (κ2) is 13.8. The minimum absolute atomic E-state index is 0.0410. The van der Waals surface area contributed by atoms with Gasteiger partial charge >= 0.3 is 12.2 Å². The average Bonchev–Trinajstić information content (AvgIpc) is 3.69. The van der Waals surface area contributed by atoms with Crippen LogP contribution in [0.1, 0.15) is 89.8 Å². The standard InChI is InChI=1S/C37H41ClF4N8O3/c1-6-8-22-13-24(43)31(39)28(29(22)37(40,41)42)27-14-25-23(18-52-27)33(45-35(44-25)53-19-36-10-7-11-48(36)16-20(2)15-36)49-17-26-30(38)32(34(51)47(4)5)46-50(26)12-9-21(49)3/h13,21,27H,2,7,9-12,14-19,43H2,1,3-5H3. The Bertz CT molecular complexity index is 2060. The Morgan fingerprint density at radius 3 is 2.75 bits per heavy atom. The molecule has 2 N–H and O–H groups in total. The molecule has 0 aliphatic carbocycles. The van der Waals surface area contributed by atoms with Crippen LogP contribution >= 0.6 is 11.6 Å². The van der Waals surface area contributed by atoms with Crippen LogP contribution in [0.2, 0.25) is 5.02 Å². The summed E-state index contributed by atoms with van der Waals surface area (Å²) >= 11 is 6.82. The summed E-state index contributed by atoms with van der Waals surface area (Å²) in [7, 11) is 3.24. The fourth-order valence-corrected chi connectivity index (χ4v) is 8.41. The van der Waals surface area contributed by atoms with Gasteiger partial charge in [-0.2, -0.15) is 28.2 Å². The van der Waals surface area contributed by atoms with Crippen LogP contribution in [0.4, 0.5) is 29.1 Å². The molecule has 16 heteroatoms. The molecule has 0 radical (unpaired) electrons. The second-order valence-corrected chi connectivity index (χ2v) is 14.9. The van der Waals surface area contributed by atoms with Crippen molar-refractivity contribution in [3.8, 4) is 17.9 Å². The zero-order chi connectivity index (χ0) is 38.0. The first-order valence-corrected chi connectivity index (χ1v) is 17.9. The number of carbonyl (C=O) groups is 1. The Labute approximate surface area is 310 Å². The fraction of sp³-hybridized carbons (Fsp3) is 0.514. The Balaban J connectivity index is 1.32. The zero-order valence-corrected chi connectivity index (χ0v) is 30.8. The van der Waals surface area contributed by atoms with Gasteiger partial charge in [-0.05, 0) is 52.1 Å². The van der Waals surface area contributed by atoms with Crippen LogP contribution in [0.3, 0.4) is 0 Å². The summed E-state index contributed by atoms with van der Waals surface area (Å²) in [5.41, 5.74) is 5.55. The molecule has 1 amide bonds. The van der Waals surface area contributed by atoms with Crippen molar-refractivity contribution in [1.82, 2.24) is 29.5 Å². The maximum Gasteiger partial charge on any atom is 0.418 e. The van der Waals surface area contributed by atoms with Gasteiger partial charge in [0, 0.05) is 56.3 Å². The minimum atomic E-state index is -4.95. The molecule has 1 aromatic carbocycles. The maximum absolute atomic E-state index is 15.8. The van der Waals surface area contributed by atoms with Crippen molar-refractivity contribution in [3.05, 3.63) is 68.4 Å². The van der Waals surface area contributed by atoms with Gasteiger partial charge in [-0.3, -0.25) is 14.4 Å². The third kappa shape index (κ3) is 6.59. The van der Waals surface area contributed by atoms with Crippen LogP contribution < -0.4 is 15.4 Å². The van der Waals surface area contributed by atoms with Crippen molar-refractivity contribution < 1.29 is 31.8 Å². The molecule has 0 saturated carbocycles. The van der Waals surface area contributed by atoms with Crippen LogP contribution in [0.5, 0.6) is 6.01 Å². The van der Waals surface area contributed by atoms with E-state index in [9.17, 15) is 18.0 Å². The molecule has 6 heterocycles. The number of carbonyl (C=O) groups excluding carboxylic acids is 1. The molecule has 11 nitrogen and oxygen atoms in total. The summed E-state index contributed by atoms with van der Waals surface area (Å²) in [5.74, 6) is 3.80. The van der Waals surface area contributed by atoms with Crippen LogP contribution in [-0.2, 0) is 37.0 Å². The fourth-order valence-electron chi connectivity index (χ4n) is 8.13. The Morgan fingerprint density at radius 1 is 1.26 bits per heavy atom. The first kappa shape index (κ1) is 36.9. The number of amides is 1. The number of nitrogens with two attached hydrogens (primary N) is 1. The number of nitrogens with zero attached hydrogens (tertiary/aromatic N) is 7. The monoisotopic (exact) mass is 756 g/mol. The number of rotatable bonds is 6. The molecule has 3 atom stereocenters. The molecule has 3 aromatic rings. The van der Waals surface area contributed by atoms with Gasteiger partial charge in [0.15, 0.2) is 11.5 Å². The van der Waals surface area contributed by atoms with Crippen molar-refractivity contribution in [1.29, 1.82) is 0 Å². The summed E-state index contributed by atoms with van der Waals surface area (Å²) in [6.07, 6.45) is -3.26. The van der Waals surface area contributed by atoms with E-state index in [1.54, 1.807) is 18.8 Å². The molecule has 0 spiro atoms. The summed E-state index contributed by atoms with van der Waals surface area (Å²) < 4.78 is 74.0. The quantitative estimate of drug-likeness (QED) is 0.142. The van der Waals surface area contributed by atoms with Crippen LogP contribution in [0.25, 0.3) is 0 Å². The molecule has 3 unspecified atom stereocenters. The van der Waals surface area contributed by atoms with E-state index in [4.69, 9.17) is 36.8 Å². The molecule has 7 rings (SSSR count). The van der Waals surface area contributed by atoms with Crippen molar-refractivity contribution in [2.75, 3.05) is 44.4 Å². The zero-order valence-electron chi connectivity index (χ0n) is 30.0. The van der Waals surface area contributed by atoms with Gasteiger partial charge in [-0.1, -0.05) is 29.7 Å². The van der Waals surface area contributed by atoms with Crippen molar-refractivity contribution in [2.24, 2.45) is 0 Å². The number of benzene rings is 1. The highest BCUT2D eigenvalue weighted by Crippen LogP contribution is 2.46. The molecular weight excluding hydrogens is 716 g/mol. The van der Waals surface area contributed by atoms with Crippen LogP contribution in [0, 0.1) is 17.7 Å². The van der Waals surface area contributed by atoms with E-state index in [2.05, 4.69) is 28.4 Å². The highest BCUT2D eigenvalue weighted by molar-refractivity contribution is 6.34. The number of nitrogen functional groups attached to an aromatic ring is 1. The molecule has 2 saturated heterocycles. The van der Waals surface area contributed by atoms with Gasteiger partial charge in [0.1, 0.15) is 12.4 Å². The molecule has 53 heavy (non-hydrogen) atoms. The van der Waals surface area contributed by atoms with E-state index >= 15 is 4.39 Å². The Hall–Kier alpha value is -4.39. The molecule has 4 aliphatic rings. The van der Waals surface area contributed by atoms with E-state index in [0.29, 0.717) is 35.7 Å². The van der Waals surface area contributed by atoms with Gasteiger partial charge in [0.2, 0.25) is 0 Å². The lowest BCUT2D eigenvalue weighted by atomic mass is 9.90. The summed E-state index contributed by atoms with van der Waals surface area (Å²) in [6.45, 7) is 10.1. The van der Waals surface area contributed by atoms with Gasteiger partial charge in [-0.15, -0.1) is 5.92 Å². The minimum Gasteiger partial charge on any atom is -0.461 e. The number of aryl methyl sites for hydroxylation is 1. The first-order valence-electron chi connectivity index (χ1n) is 17.5. The third-order valence-electron chi connectivity index (χ3n) is 10.7. The molecule has 4 aliphatic heterocycles. The summed E-state index contributed by atoms with van der Waals surface area (Å²) in [6, 6.07) is 0.809. The van der Waals surface area contributed by atoms with Crippen LogP contribution in [-0.4, -0.2) is 80.8 Å². The van der Waals surface area contributed by atoms with Crippen molar-refractivity contribution >= 4 is 29.0 Å². The normalized spacial score (nSPS) is 22.8. The van der Waals surface area contributed by atoms with Gasteiger partial charge in [0.25, 0.3) is 5.91 Å². The van der Waals surface area contributed by atoms with E-state index in [1.165, 1.54) is 11.8 Å². The lowest BCUT2D eigenvalue weighted by molar-refractivity contribution is -0.140. The summed E-state index contributed by atoms with van der Waals surface area (Å²) in [5, 5.41) is 4.77. The smallest absolute Gasteiger partial charge is 0.418 e. The Morgan fingerprint density at radius 2 is 2.04 bits per heavy atom. The van der Waals surface area contributed by atoms with Crippen molar-refractivity contribution in [3.63, 3.8) is 0 Å². The van der Waals surface area contributed by atoms with E-state index in [-0.39, 0.29) is 60.4 Å². The van der Waals surface area contributed by atoms with Gasteiger partial charge in [0.05, 0.1) is 52.5 Å². The summed E-state index contributed by atoms with van der Waals surface area (Å²) in [4.78, 5) is 28.4. The number of hydrogen-bond donors (Lipinski definition) is 1. The van der Waals surface area contributed by atoms with Crippen LogP contribution in [0.15, 0.2) is 18.2 Å². The number of fused-ring (bicyclic) bond motifs is 3. The lowest BCUT2D eigenvalue weighted by Crippen LogP contribution is -2.43.